The molecule has 0 aliphatic rings. The van der Waals surface area contributed by atoms with Crippen LogP contribution >= 0.6 is 23.2 Å². The van der Waals surface area contributed by atoms with Gasteiger partial charge in [0.2, 0.25) is 0 Å². The molecule has 0 aliphatic heterocycles. The van der Waals surface area contributed by atoms with E-state index >= 15 is 0 Å². The van der Waals surface area contributed by atoms with Crippen molar-refractivity contribution in [1.82, 2.24) is 5.32 Å². The summed E-state index contributed by atoms with van der Waals surface area (Å²) in [7, 11) is 3.23. The highest BCUT2D eigenvalue weighted by Gasteiger charge is 2.10. The Labute approximate surface area is 135 Å². The van der Waals surface area contributed by atoms with Crippen LogP contribution in [0.4, 0.5) is 0 Å². The molecule has 21 heavy (non-hydrogen) atoms. The highest BCUT2D eigenvalue weighted by atomic mass is 35.5. The Hall–Kier alpha value is -0.560. The van der Waals surface area contributed by atoms with E-state index < -0.39 is 6.10 Å². The van der Waals surface area contributed by atoms with Crippen LogP contribution in [0.5, 0.6) is 5.75 Å². The van der Waals surface area contributed by atoms with Crippen molar-refractivity contribution < 1.29 is 19.3 Å². The van der Waals surface area contributed by atoms with Gasteiger partial charge in [-0.1, -0.05) is 23.2 Å². The average molecular weight is 338 g/mol. The van der Waals surface area contributed by atoms with E-state index in [0.29, 0.717) is 35.5 Å². The average Bonchev–Trinajstić information content (AvgIpc) is 2.47. The summed E-state index contributed by atoms with van der Waals surface area (Å²) in [5.41, 5.74) is 0. The van der Waals surface area contributed by atoms with Crippen LogP contribution in [0.1, 0.15) is 0 Å². The number of benzene rings is 1. The number of rotatable bonds is 10. The molecule has 2 N–H and O–H groups in total. The first kappa shape index (κ1) is 18.5. The molecule has 0 heterocycles. The van der Waals surface area contributed by atoms with Crippen LogP contribution in [0.15, 0.2) is 18.2 Å². The summed E-state index contributed by atoms with van der Waals surface area (Å²) in [5, 5.41) is 13.9. The van der Waals surface area contributed by atoms with Crippen molar-refractivity contribution in [3.05, 3.63) is 28.2 Å². The van der Waals surface area contributed by atoms with E-state index in [4.69, 9.17) is 37.4 Å². The minimum atomic E-state index is -0.667. The SMILES string of the molecule is COCC(CNCC(O)COc1cc(Cl)ccc1Cl)OC. The molecule has 0 saturated heterocycles. The molecule has 0 amide bonds. The van der Waals surface area contributed by atoms with Crippen molar-refractivity contribution in [2.24, 2.45) is 0 Å². The van der Waals surface area contributed by atoms with Crippen molar-refractivity contribution in [3.63, 3.8) is 0 Å². The lowest BCUT2D eigenvalue weighted by molar-refractivity contribution is 0.0257. The van der Waals surface area contributed by atoms with Crippen LogP contribution in [0.2, 0.25) is 10.0 Å². The maximum Gasteiger partial charge on any atom is 0.139 e. The maximum atomic E-state index is 9.85. The molecule has 0 fully saturated rings. The molecule has 2 unspecified atom stereocenters. The molecule has 7 heteroatoms. The number of hydrogen-bond acceptors (Lipinski definition) is 5. The molecule has 1 aromatic carbocycles. The Kier molecular flexibility index (Phi) is 8.99. The van der Waals surface area contributed by atoms with E-state index in [2.05, 4.69) is 5.32 Å². The molecular formula is C14H21Cl2NO4. The number of aliphatic hydroxyl groups excluding tert-OH is 1. The minimum Gasteiger partial charge on any atom is -0.489 e. The Morgan fingerprint density at radius 2 is 1.95 bits per heavy atom. The van der Waals surface area contributed by atoms with Crippen molar-refractivity contribution >= 4 is 23.2 Å². The molecule has 1 aromatic rings. The highest BCUT2D eigenvalue weighted by molar-refractivity contribution is 6.34. The predicted octanol–water partition coefficient (Wildman–Crippen LogP) is 1.98. The summed E-state index contributed by atoms with van der Waals surface area (Å²) < 4.78 is 15.6. The van der Waals surface area contributed by atoms with Crippen LogP contribution in [0.25, 0.3) is 0 Å². The monoisotopic (exact) mass is 337 g/mol. The molecule has 0 aliphatic carbocycles. The van der Waals surface area contributed by atoms with Crippen molar-refractivity contribution in [2.45, 2.75) is 12.2 Å². The first-order valence-corrected chi connectivity index (χ1v) is 7.30. The predicted molar refractivity (Wildman–Crippen MR) is 83.5 cm³/mol. The zero-order valence-corrected chi connectivity index (χ0v) is 13.7. The van der Waals surface area contributed by atoms with Gasteiger partial charge in [-0.25, -0.2) is 0 Å². The molecule has 5 nitrogen and oxygen atoms in total. The van der Waals surface area contributed by atoms with Gasteiger partial charge in [0.1, 0.15) is 18.5 Å². The molecule has 120 valence electrons. The quantitative estimate of drug-likeness (QED) is 0.683. The lowest BCUT2D eigenvalue weighted by Gasteiger charge is -2.17. The van der Waals surface area contributed by atoms with Gasteiger partial charge in [0.25, 0.3) is 0 Å². The number of aliphatic hydroxyl groups is 1. The Bertz CT molecular complexity index is 420. The fraction of sp³-hybridized carbons (Fsp3) is 0.571. The van der Waals surface area contributed by atoms with E-state index in [1.165, 1.54) is 0 Å². The summed E-state index contributed by atoms with van der Waals surface area (Å²) in [6.45, 7) is 1.57. The Morgan fingerprint density at radius 3 is 2.62 bits per heavy atom. The molecule has 0 aromatic heterocycles. The topological polar surface area (TPSA) is 60.0 Å². The minimum absolute atomic E-state index is 0.0505. The van der Waals surface area contributed by atoms with Crippen LogP contribution in [-0.4, -0.2) is 57.8 Å². The summed E-state index contributed by atoms with van der Waals surface area (Å²) >= 11 is 11.8. The third-order valence-electron chi connectivity index (χ3n) is 2.76. The van der Waals surface area contributed by atoms with Gasteiger partial charge >= 0.3 is 0 Å². The number of ether oxygens (including phenoxy) is 3. The van der Waals surface area contributed by atoms with Crippen LogP contribution < -0.4 is 10.1 Å². The van der Waals surface area contributed by atoms with Crippen molar-refractivity contribution in [3.8, 4) is 5.75 Å². The lowest BCUT2D eigenvalue weighted by Crippen LogP contribution is -2.38. The standard InChI is InChI=1S/C14H21Cl2NO4/c1-19-9-12(20-2)7-17-6-11(18)8-21-14-5-10(15)3-4-13(14)16/h3-5,11-12,17-18H,6-9H2,1-2H3. The third kappa shape index (κ3) is 7.31. The number of hydrogen-bond donors (Lipinski definition) is 2. The van der Waals surface area contributed by atoms with Gasteiger partial charge < -0.3 is 24.6 Å². The lowest BCUT2D eigenvalue weighted by atomic mass is 10.3. The van der Waals surface area contributed by atoms with Gasteiger partial charge in [0.15, 0.2) is 0 Å². The number of nitrogens with one attached hydrogen (secondary N) is 1. The number of methoxy groups -OCH3 is 2. The summed E-state index contributed by atoms with van der Waals surface area (Å²) in [4.78, 5) is 0. The van der Waals surface area contributed by atoms with E-state index in [0.717, 1.165) is 0 Å². The molecule has 0 spiro atoms. The second-order valence-electron chi connectivity index (χ2n) is 4.51. The molecule has 0 radical (unpaired) electrons. The molecule has 0 saturated carbocycles. The summed E-state index contributed by atoms with van der Waals surface area (Å²) in [5.74, 6) is 0.456. The molecular weight excluding hydrogens is 317 g/mol. The zero-order valence-electron chi connectivity index (χ0n) is 12.1. The molecule has 2 atom stereocenters. The second kappa shape index (κ2) is 10.2. The second-order valence-corrected chi connectivity index (χ2v) is 5.35. The first-order valence-electron chi connectivity index (χ1n) is 6.55. The van der Waals surface area contributed by atoms with Gasteiger partial charge in [0.05, 0.1) is 17.7 Å². The van der Waals surface area contributed by atoms with E-state index in [-0.39, 0.29) is 12.7 Å². The smallest absolute Gasteiger partial charge is 0.139 e. The van der Waals surface area contributed by atoms with Crippen molar-refractivity contribution in [1.29, 1.82) is 0 Å². The van der Waals surface area contributed by atoms with E-state index in [1.807, 2.05) is 0 Å². The molecule has 1 rings (SSSR count). The van der Waals surface area contributed by atoms with Crippen LogP contribution in [-0.2, 0) is 9.47 Å². The van der Waals surface area contributed by atoms with Gasteiger partial charge in [0, 0.05) is 38.4 Å². The van der Waals surface area contributed by atoms with Gasteiger partial charge in [-0.15, -0.1) is 0 Å². The van der Waals surface area contributed by atoms with Gasteiger partial charge in [-0.2, -0.15) is 0 Å². The van der Waals surface area contributed by atoms with Crippen molar-refractivity contribution in [2.75, 3.05) is 40.5 Å². The maximum absolute atomic E-state index is 9.85. The summed E-state index contributed by atoms with van der Waals surface area (Å²) in [6, 6.07) is 4.94. The normalized spacial score (nSPS) is 14.0. The fourth-order valence-corrected chi connectivity index (χ4v) is 1.97. The number of halogens is 2. The molecule has 0 bridgehead atoms. The first-order chi connectivity index (χ1) is 10.1. The Morgan fingerprint density at radius 1 is 1.19 bits per heavy atom. The van der Waals surface area contributed by atoms with Gasteiger partial charge in [-0.3, -0.25) is 0 Å². The van der Waals surface area contributed by atoms with Gasteiger partial charge in [-0.05, 0) is 12.1 Å². The third-order valence-corrected chi connectivity index (χ3v) is 3.31. The highest BCUT2D eigenvalue weighted by Crippen LogP contribution is 2.27. The fourth-order valence-electron chi connectivity index (χ4n) is 1.64. The summed E-state index contributed by atoms with van der Waals surface area (Å²) in [6.07, 6.45) is -0.717. The van der Waals surface area contributed by atoms with Crippen LogP contribution in [0, 0.1) is 0 Å². The van der Waals surface area contributed by atoms with E-state index in [9.17, 15) is 5.11 Å². The van der Waals surface area contributed by atoms with E-state index in [1.54, 1.807) is 32.4 Å². The van der Waals surface area contributed by atoms with Crippen LogP contribution in [0.3, 0.4) is 0 Å². The Balaban J connectivity index is 2.27. The zero-order chi connectivity index (χ0) is 15.7. The largest absolute Gasteiger partial charge is 0.489 e.